The van der Waals surface area contributed by atoms with Gasteiger partial charge in [0, 0.05) is 17.4 Å². The lowest BCUT2D eigenvalue weighted by Gasteiger charge is -2.20. The number of rotatable bonds is 6. The molecular formula is C17H22Cl2N2O3. The van der Waals surface area contributed by atoms with Gasteiger partial charge in [-0.2, -0.15) is 0 Å². The summed E-state index contributed by atoms with van der Waals surface area (Å²) in [5.74, 6) is 0.235. The Balaban J connectivity index is 1.60. The predicted molar refractivity (Wildman–Crippen MR) is 94.1 cm³/mol. The number of carbonyl (C=O) groups is 2. The lowest BCUT2D eigenvalue weighted by atomic mass is 9.89. The number of ether oxygens (including phenoxy) is 1. The molecule has 1 aliphatic rings. The first-order valence-corrected chi connectivity index (χ1v) is 8.98. The zero-order valence-corrected chi connectivity index (χ0v) is 15.0. The van der Waals surface area contributed by atoms with Crippen LogP contribution in [0.2, 0.25) is 10.0 Å². The third-order valence-corrected chi connectivity index (χ3v) is 4.53. The van der Waals surface area contributed by atoms with Gasteiger partial charge >= 0.3 is 0 Å². The Kier molecular flexibility index (Phi) is 7.66. The molecule has 0 aliphatic heterocycles. The van der Waals surface area contributed by atoms with E-state index in [1.165, 1.54) is 6.42 Å². The molecule has 0 aromatic heterocycles. The largest absolute Gasteiger partial charge is 0.492 e. The summed E-state index contributed by atoms with van der Waals surface area (Å²) in [4.78, 5) is 23.6. The van der Waals surface area contributed by atoms with E-state index >= 15 is 0 Å². The van der Waals surface area contributed by atoms with Crippen molar-refractivity contribution < 1.29 is 14.3 Å². The average Bonchev–Trinajstić information content (AvgIpc) is 2.59. The number of halogens is 2. The minimum atomic E-state index is -0.232. The summed E-state index contributed by atoms with van der Waals surface area (Å²) in [6, 6.07) is 4.98. The third-order valence-electron chi connectivity index (χ3n) is 4.00. The Morgan fingerprint density at radius 2 is 1.88 bits per heavy atom. The average molecular weight is 373 g/mol. The first-order valence-electron chi connectivity index (χ1n) is 8.23. The van der Waals surface area contributed by atoms with Crippen LogP contribution in [0, 0.1) is 5.92 Å². The van der Waals surface area contributed by atoms with Crippen LogP contribution in [0.5, 0.6) is 5.75 Å². The van der Waals surface area contributed by atoms with Crippen LogP contribution in [-0.2, 0) is 9.59 Å². The minimum absolute atomic E-state index is 0.0226. The molecule has 0 saturated heterocycles. The van der Waals surface area contributed by atoms with E-state index in [0.29, 0.717) is 28.8 Å². The molecule has 0 spiro atoms. The molecule has 0 bridgehead atoms. The number of amides is 2. The third kappa shape index (κ3) is 6.21. The number of hydrogen-bond donors (Lipinski definition) is 2. The molecule has 0 unspecified atom stereocenters. The van der Waals surface area contributed by atoms with Crippen molar-refractivity contribution in [1.29, 1.82) is 0 Å². The van der Waals surface area contributed by atoms with Gasteiger partial charge in [-0.1, -0.05) is 42.5 Å². The molecule has 1 aromatic rings. The van der Waals surface area contributed by atoms with Gasteiger partial charge in [0.15, 0.2) is 0 Å². The lowest BCUT2D eigenvalue weighted by molar-refractivity contribution is -0.132. The molecule has 2 N–H and O–H groups in total. The van der Waals surface area contributed by atoms with Gasteiger partial charge in [0.1, 0.15) is 5.75 Å². The van der Waals surface area contributed by atoms with E-state index in [9.17, 15) is 9.59 Å². The van der Waals surface area contributed by atoms with Gasteiger partial charge in [0.2, 0.25) is 11.8 Å². The van der Waals surface area contributed by atoms with Crippen LogP contribution in [0.25, 0.3) is 0 Å². The first kappa shape index (κ1) is 18.9. The fourth-order valence-corrected chi connectivity index (χ4v) is 3.13. The summed E-state index contributed by atoms with van der Waals surface area (Å²) in [7, 11) is 0. The fourth-order valence-electron chi connectivity index (χ4n) is 2.67. The van der Waals surface area contributed by atoms with Crippen molar-refractivity contribution in [2.75, 3.05) is 6.61 Å². The normalized spacial score (nSPS) is 14.9. The molecule has 1 saturated carbocycles. The maximum Gasteiger partial charge on any atom is 0.241 e. The first-order chi connectivity index (χ1) is 11.6. The number of carbonyl (C=O) groups excluding carboxylic acids is 2. The second-order valence-corrected chi connectivity index (χ2v) is 6.74. The van der Waals surface area contributed by atoms with Crippen molar-refractivity contribution in [1.82, 2.24) is 10.9 Å². The maximum atomic E-state index is 11.9. The van der Waals surface area contributed by atoms with Crippen molar-refractivity contribution in [3.05, 3.63) is 28.2 Å². The Morgan fingerprint density at radius 1 is 1.12 bits per heavy atom. The summed E-state index contributed by atoms with van der Waals surface area (Å²) in [6.45, 7) is 0.353. The van der Waals surface area contributed by atoms with E-state index in [0.717, 1.165) is 25.7 Å². The summed E-state index contributed by atoms with van der Waals surface area (Å²) in [5, 5.41) is 0.979. The Hall–Kier alpha value is -1.46. The molecule has 1 fully saturated rings. The molecule has 0 heterocycles. The standard InChI is InChI=1S/C17H22Cl2N2O3/c18-13-8-9-15(14(19)11-13)24-10-4-7-16(22)20-21-17(23)12-5-2-1-3-6-12/h8-9,11-12H,1-7,10H2,(H,20,22)(H,21,23). The number of benzene rings is 1. The zero-order chi connectivity index (χ0) is 17.4. The van der Waals surface area contributed by atoms with Crippen LogP contribution in [0.1, 0.15) is 44.9 Å². The molecule has 5 nitrogen and oxygen atoms in total. The minimum Gasteiger partial charge on any atom is -0.492 e. The quantitative estimate of drug-likeness (QED) is 0.587. The van der Waals surface area contributed by atoms with Gasteiger partial charge < -0.3 is 4.74 Å². The number of hydrazine groups is 1. The van der Waals surface area contributed by atoms with Gasteiger partial charge in [-0.05, 0) is 37.5 Å². The van der Waals surface area contributed by atoms with Gasteiger partial charge in [0.25, 0.3) is 0 Å². The monoisotopic (exact) mass is 372 g/mol. The van der Waals surface area contributed by atoms with E-state index in [1.54, 1.807) is 18.2 Å². The molecule has 7 heteroatoms. The SMILES string of the molecule is O=C(CCCOc1ccc(Cl)cc1Cl)NNC(=O)C1CCCCC1. The van der Waals surface area contributed by atoms with Crippen molar-refractivity contribution in [3.8, 4) is 5.75 Å². The molecule has 132 valence electrons. The molecule has 0 atom stereocenters. The van der Waals surface area contributed by atoms with Gasteiger partial charge in [-0.3, -0.25) is 20.4 Å². The molecule has 2 amide bonds. The number of hydrogen-bond acceptors (Lipinski definition) is 3. The summed E-state index contributed by atoms with van der Waals surface area (Å²) in [6.07, 6.45) is 5.93. The lowest BCUT2D eigenvalue weighted by Crippen LogP contribution is -2.44. The Morgan fingerprint density at radius 3 is 2.58 bits per heavy atom. The summed E-state index contributed by atoms with van der Waals surface area (Å²) in [5.41, 5.74) is 4.97. The molecule has 1 aliphatic carbocycles. The van der Waals surface area contributed by atoms with Crippen LogP contribution < -0.4 is 15.6 Å². The molecule has 1 aromatic carbocycles. The summed E-state index contributed by atoms with van der Waals surface area (Å²) >= 11 is 11.8. The van der Waals surface area contributed by atoms with Crippen molar-refractivity contribution in [2.45, 2.75) is 44.9 Å². The highest BCUT2D eigenvalue weighted by molar-refractivity contribution is 6.35. The van der Waals surface area contributed by atoms with Crippen molar-refractivity contribution in [3.63, 3.8) is 0 Å². The van der Waals surface area contributed by atoms with Crippen LogP contribution in [0.3, 0.4) is 0 Å². The maximum absolute atomic E-state index is 11.9. The molecule has 24 heavy (non-hydrogen) atoms. The highest BCUT2D eigenvalue weighted by Gasteiger charge is 2.21. The van der Waals surface area contributed by atoms with Crippen LogP contribution >= 0.6 is 23.2 Å². The second kappa shape index (κ2) is 9.74. The molecule has 2 rings (SSSR count). The predicted octanol–water partition coefficient (Wildman–Crippen LogP) is 3.88. The van der Waals surface area contributed by atoms with E-state index in [2.05, 4.69) is 10.9 Å². The van der Waals surface area contributed by atoms with Crippen molar-refractivity contribution >= 4 is 35.0 Å². The Labute approximate surface area is 152 Å². The van der Waals surface area contributed by atoms with E-state index < -0.39 is 0 Å². The highest BCUT2D eigenvalue weighted by Crippen LogP contribution is 2.27. The number of nitrogens with one attached hydrogen (secondary N) is 2. The molecule has 0 radical (unpaired) electrons. The summed E-state index contributed by atoms with van der Waals surface area (Å²) < 4.78 is 5.51. The topological polar surface area (TPSA) is 67.4 Å². The highest BCUT2D eigenvalue weighted by atomic mass is 35.5. The van der Waals surface area contributed by atoms with Crippen molar-refractivity contribution in [2.24, 2.45) is 5.92 Å². The fraction of sp³-hybridized carbons (Fsp3) is 0.529. The van der Waals surface area contributed by atoms with Gasteiger partial charge in [0.05, 0.1) is 11.6 Å². The van der Waals surface area contributed by atoms with E-state index in [4.69, 9.17) is 27.9 Å². The van der Waals surface area contributed by atoms with Gasteiger partial charge in [-0.25, -0.2) is 0 Å². The zero-order valence-electron chi connectivity index (χ0n) is 13.4. The van der Waals surface area contributed by atoms with Crippen LogP contribution in [0.15, 0.2) is 18.2 Å². The van der Waals surface area contributed by atoms with E-state index in [1.807, 2.05) is 0 Å². The van der Waals surface area contributed by atoms with Gasteiger partial charge in [-0.15, -0.1) is 0 Å². The second-order valence-electron chi connectivity index (χ2n) is 5.90. The van der Waals surface area contributed by atoms with E-state index in [-0.39, 0.29) is 24.2 Å². The van der Waals surface area contributed by atoms with Crippen LogP contribution in [-0.4, -0.2) is 18.4 Å². The van der Waals surface area contributed by atoms with Crippen LogP contribution in [0.4, 0.5) is 0 Å². The Bertz CT molecular complexity index is 575. The molecular weight excluding hydrogens is 351 g/mol. The smallest absolute Gasteiger partial charge is 0.241 e.